The quantitative estimate of drug-likeness (QED) is 0.306. The molecule has 0 unspecified atom stereocenters. The first-order valence-electron chi connectivity index (χ1n) is 10.6. The highest BCUT2D eigenvalue weighted by atomic mass is 32.2. The van der Waals surface area contributed by atoms with E-state index in [4.69, 9.17) is 9.57 Å². The fraction of sp³-hybridized carbons (Fsp3) is 0.240. The van der Waals surface area contributed by atoms with E-state index in [2.05, 4.69) is 6.92 Å². The highest BCUT2D eigenvalue weighted by molar-refractivity contribution is 7.92. The van der Waals surface area contributed by atoms with Crippen LogP contribution in [0.4, 0.5) is 5.69 Å². The van der Waals surface area contributed by atoms with Crippen LogP contribution >= 0.6 is 0 Å². The van der Waals surface area contributed by atoms with Crippen LogP contribution in [-0.2, 0) is 21.5 Å². The summed E-state index contributed by atoms with van der Waals surface area (Å²) in [6, 6.07) is 19.6. The lowest BCUT2D eigenvalue weighted by Gasteiger charge is -2.24. The van der Waals surface area contributed by atoms with Gasteiger partial charge >= 0.3 is 5.97 Å². The molecule has 0 bridgehead atoms. The molecule has 0 atom stereocenters. The van der Waals surface area contributed by atoms with E-state index in [0.717, 1.165) is 34.7 Å². The Hall–Kier alpha value is -3.36. The van der Waals surface area contributed by atoms with Crippen LogP contribution in [0.5, 0.6) is 5.75 Å². The number of para-hydroxylation sites is 1. The molecule has 0 amide bonds. The monoisotopic (exact) mass is 469 g/mol. The summed E-state index contributed by atoms with van der Waals surface area (Å²) in [4.78, 5) is 17.1. The van der Waals surface area contributed by atoms with Gasteiger partial charge in [-0.2, -0.15) is 8.42 Å². The molecule has 3 aromatic rings. The largest absolute Gasteiger partial charge is 0.494 e. The summed E-state index contributed by atoms with van der Waals surface area (Å²) < 4.78 is 33.3. The molecule has 0 saturated carbocycles. The first kappa shape index (κ1) is 24.3. The minimum Gasteiger partial charge on any atom is -0.494 e. The molecule has 174 valence electrons. The lowest BCUT2D eigenvalue weighted by Crippen LogP contribution is -2.31. The average Bonchev–Trinajstić information content (AvgIpc) is 2.81. The highest BCUT2D eigenvalue weighted by Crippen LogP contribution is 2.26. The molecule has 0 saturated heterocycles. The van der Waals surface area contributed by atoms with Crippen molar-refractivity contribution in [2.75, 3.05) is 11.1 Å². The van der Waals surface area contributed by atoms with E-state index in [1.807, 2.05) is 24.3 Å². The number of aryl methyl sites for hydroxylation is 1. The number of carboxylic acids is 1. The predicted molar refractivity (Wildman–Crippen MR) is 126 cm³/mol. The lowest BCUT2D eigenvalue weighted by atomic mass is 10.1. The Morgan fingerprint density at radius 1 is 1.00 bits per heavy atom. The number of carbonyl (C=O) groups is 1. The number of carboxylic acid groups (broad SMARTS) is 1. The zero-order valence-electron chi connectivity index (χ0n) is 18.6. The molecule has 7 nitrogen and oxygen atoms in total. The van der Waals surface area contributed by atoms with E-state index < -0.39 is 16.0 Å². The number of rotatable bonds is 11. The van der Waals surface area contributed by atoms with Crippen molar-refractivity contribution in [3.8, 4) is 5.75 Å². The van der Waals surface area contributed by atoms with Gasteiger partial charge in [0.15, 0.2) is 0 Å². The van der Waals surface area contributed by atoms with Crippen molar-refractivity contribution in [2.45, 2.75) is 38.2 Å². The van der Waals surface area contributed by atoms with Crippen molar-refractivity contribution in [1.82, 2.24) is 0 Å². The van der Waals surface area contributed by atoms with E-state index >= 15 is 0 Å². The van der Waals surface area contributed by atoms with Crippen molar-refractivity contribution in [3.05, 3.63) is 89.5 Å². The average molecular weight is 470 g/mol. The molecule has 0 aliphatic heterocycles. The fourth-order valence-corrected chi connectivity index (χ4v) is 4.36. The maximum Gasteiger partial charge on any atom is 0.335 e. The summed E-state index contributed by atoms with van der Waals surface area (Å²) >= 11 is 0. The predicted octanol–water partition coefficient (Wildman–Crippen LogP) is 5.20. The third-order valence-corrected chi connectivity index (χ3v) is 6.56. The summed E-state index contributed by atoms with van der Waals surface area (Å²) in [5.41, 5.74) is 1.44. The molecular formula is C25H27NO6S. The molecule has 0 aromatic heterocycles. The smallest absolute Gasteiger partial charge is 0.335 e. The van der Waals surface area contributed by atoms with Crippen LogP contribution in [-0.4, -0.2) is 26.1 Å². The number of nitrogens with zero attached hydrogens (tertiary/aromatic N) is 1. The number of sulfonamides is 1. The standard InChI is InChI=1S/C25H27NO6S/c1-3-4-16-31-22-13-11-20(12-14-22)18-32-26(21-8-6-5-7-9-21)33(29,30)23-15-10-19(2)24(17-23)25(27)28/h5-15,17H,3-4,16,18H2,1-2H3,(H,27,28). The van der Waals surface area contributed by atoms with E-state index in [-0.39, 0.29) is 17.1 Å². The molecule has 3 rings (SSSR count). The highest BCUT2D eigenvalue weighted by Gasteiger charge is 2.28. The second kappa shape index (κ2) is 11.0. The summed E-state index contributed by atoms with van der Waals surface area (Å²) in [5.74, 6) is -0.460. The Morgan fingerprint density at radius 3 is 2.33 bits per heavy atom. The molecule has 0 aliphatic carbocycles. The van der Waals surface area contributed by atoms with E-state index in [9.17, 15) is 18.3 Å². The van der Waals surface area contributed by atoms with E-state index in [0.29, 0.717) is 17.9 Å². The fourth-order valence-electron chi connectivity index (χ4n) is 3.07. The van der Waals surface area contributed by atoms with Crippen LogP contribution < -0.4 is 9.21 Å². The normalized spacial score (nSPS) is 11.2. The molecule has 0 spiro atoms. The Kier molecular flexibility index (Phi) is 8.08. The minimum atomic E-state index is -4.20. The van der Waals surface area contributed by atoms with Gasteiger partial charge in [-0.05, 0) is 60.9 Å². The number of hydrogen-bond donors (Lipinski definition) is 1. The summed E-state index contributed by atoms with van der Waals surface area (Å²) in [6.45, 7) is 4.33. The van der Waals surface area contributed by atoms with Gasteiger partial charge in [0.25, 0.3) is 10.0 Å². The number of anilines is 1. The molecule has 0 aliphatic rings. The molecular weight excluding hydrogens is 442 g/mol. The van der Waals surface area contributed by atoms with Crippen LogP contribution in [0.15, 0.2) is 77.7 Å². The molecule has 3 aromatic carbocycles. The Balaban J connectivity index is 1.86. The molecule has 0 fully saturated rings. The van der Waals surface area contributed by atoms with Gasteiger partial charge in [-0.3, -0.25) is 4.84 Å². The van der Waals surface area contributed by atoms with E-state index in [1.54, 1.807) is 37.3 Å². The van der Waals surface area contributed by atoms with Gasteiger partial charge in [0.1, 0.15) is 12.4 Å². The number of aromatic carboxylic acids is 1. The Labute approximate surface area is 194 Å². The number of unbranched alkanes of at least 4 members (excludes halogenated alkanes) is 1. The maximum atomic E-state index is 13.4. The van der Waals surface area contributed by atoms with Crippen molar-refractivity contribution < 1.29 is 27.9 Å². The number of benzene rings is 3. The number of ether oxygens (including phenoxy) is 1. The van der Waals surface area contributed by atoms with Crippen LogP contribution in [0, 0.1) is 6.92 Å². The van der Waals surface area contributed by atoms with Gasteiger partial charge in [-0.1, -0.05) is 49.7 Å². The van der Waals surface area contributed by atoms with Crippen molar-refractivity contribution in [1.29, 1.82) is 0 Å². The van der Waals surface area contributed by atoms with Crippen LogP contribution in [0.25, 0.3) is 0 Å². The first-order valence-corrected chi connectivity index (χ1v) is 12.1. The second-order valence-electron chi connectivity index (χ2n) is 7.47. The zero-order valence-corrected chi connectivity index (χ0v) is 19.4. The van der Waals surface area contributed by atoms with Crippen LogP contribution in [0.2, 0.25) is 0 Å². The van der Waals surface area contributed by atoms with Crippen molar-refractivity contribution >= 4 is 21.7 Å². The lowest BCUT2D eigenvalue weighted by molar-refractivity contribution is 0.0695. The minimum absolute atomic E-state index is 0.0129. The van der Waals surface area contributed by atoms with Crippen molar-refractivity contribution in [2.24, 2.45) is 0 Å². The third kappa shape index (κ3) is 6.12. The molecule has 0 heterocycles. The van der Waals surface area contributed by atoms with E-state index in [1.165, 1.54) is 12.1 Å². The number of hydrogen-bond acceptors (Lipinski definition) is 5. The maximum absolute atomic E-state index is 13.4. The summed E-state index contributed by atoms with van der Waals surface area (Å²) in [5, 5.41) is 9.40. The second-order valence-corrected chi connectivity index (χ2v) is 9.22. The molecule has 8 heteroatoms. The van der Waals surface area contributed by atoms with Crippen LogP contribution in [0.3, 0.4) is 0 Å². The summed E-state index contributed by atoms with van der Waals surface area (Å²) in [6.07, 6.45) is 2.02. The van der Waals surface area contributed by atoms with Gasteiger partial charge in [0.2, 0.25) is 0 Å². The Morgan fingerprint density at radius 2 is 1.70 bits per heavy atom. The SMILES string of the molecule is CCCCOc1ccc(CON(c2ccccc2)S(=O)(=O)c2ccc(C)c(C(=O)O)c2)cc1. The van der Waals surface area contributed by atoms with Gasteiger partial charge in [-0.15, -0.1) is 4.47 Å². The molecule has 1 N–H and O–H groups in total. The van der Waals surface area contributed by atoms with Crippen molar-refractivity contribution in [3.63, 3.8) is 0 Å². The van der Waals surface area contributed by atoms with Gasteiger partial charge in [-0.25, -0.2) is 4.79 Å². The topological polar surface area (TPSA) is 93.1 Å². The summed E-state index contributed by atoms with van der Waals surface area (Å²) in [7, 11) is -4.20. The van der Waals surface area contributed by atoms with Gasteiger partial charge in [0, 0.05) is 0 Å². The van der Waals surface area contributed by atoms with Crippen LogP contribution in [0.1, 0.15) is 41.3 Å². The molecule has 0 radical (unpaired) electrons. The third-order valence-electron chi connectivity index (χ3n) is 4.96. The van der Waals surface area contributed by atoms with Gasteiger partial charge in [0.05, 0.1) is 22.8 Å². The van der Waals surface area contributed by atoms with Gasteiger partial charge < -0.3 is 9.84 Å². The first-order chi connectivity index (χ1) is 15.8. The Bertz CT molecular complexity index is 1180. The zero-order chi connectivity index (χ0) is 23.8. The molecule has 33 heavy (non-hydrogen) atoms.